The number of nitrogens with zero attached hydrogens (tertiary/aromatic N) is 4. The number of aliphatic hydroxyl groups excluding tert-OH is 1. The first-order valence-electron chi connectivity index (χ1n) is 8.70. The molecule has 0 fully saturated rings. The fourth-order valence-electron chi connectivity index (χ4n) is 2.64. The summed E-state index contributed by atoms with van der Waals surface area (Å²) in [5.74, 6) is 0.703. The Kier molecular flexibility index (Phi) is 8.95. The number of halogens is 1. The molecule has 0 aliphatic heterocycles. The molecule has 1 aromatic carbocycles. The number of nitrogens with one attached hydrogen (secondary N) is 2. The highest BCUT2D eigenvalue weighted by Crippen LogP contribution is 2.29. The third-order valence-electron chi connectivity index (χ3n) is 4.06. The second-order valence-electron chi connectivity index (χ2n) is 5.99. The number of aromatic nitrogens is 3. The molecule has 0 radical (unpaired) electrons. The fraction of sp³-hybridized carbons (Fsp3) is 0.389. The van der Waals surface area contributed by atoms with E-state index in [0.29, 0.717) is 12.5 Å². The van der Waals surface area contributed by atoms with Crippen LogP contribution in [0.4, 0.5) is 0 Å². The number of hydrogen-bond donors (Lipinski definition) is 3. The topological polar surface area (TPSA) is 87.4 Å². The molecule has 0 bridgehead atoms. The number of aryl methyl sites for hydroxylation is 1. The second-order valence-corrected chi connectivity index (χ2v) is 7.10. The van der Waals surface area contributed by atoms with Gasteiger partial charge in [0.1, 0.15) is 18.8 Å². The average Bonchev–Trinajstić information content (AvgIpc) is 3.33. The van der Waals surface area contributed by atoms with Crippen molar-refractivity contribution in [3.05, 3.63) is 47.9 Å². The Hall–Kier alpha value is -1.72. The van der Waals surface area contributed by atoms with Crippen molar-refractivity contribution in [2.24, 2.45) is 4.99 Å². The molecule has 0 aliphatic carbocycles. The van der Waals surface area contributed by atoms with E-state index in [0.717, 1.165) is 30.8 Å². The van der Waals surface area contributed by atoms with Gasteiger partial charge in [-0.05, 0) is 30.4 Å². The van der Waals surface area contributed by atoms with E-state index >= 15 is 0 Å². The molecule has 0 aliphatic rings. The van der Waals surface area contributed by atoms with E-state index in [-0.39, 0.29) is 24.0 Å². The van der Waals surface area contributed by atoms with E-state index in [4.69, 9.17) is 0 Å². The number of guanidine groups is 1. The van der Waals surface area contributed by atoms with E-state index in [1.807, 2.05) is 22.8 Å². The number of unbranched alkanes of at least 4 members (excludes halogenated alkanes) is 1. The SMILES string of the molecule is CN=C(NCCCCn1cnnc1)NCC(O)c1cc2ccccc2s1.I. The van der Waals surface area contributed by atoms with Gasteiger partial charge in [-0.3, -0.25) is 4.99 Å². The number of rotatable bonds is 8. The number of hydrogen-bond acceptors (Lipinski definition) is 5. The fourth-order valence-corrected chi connectivity index (χ4v) is 3.70. The normalized spacial score (nSPS) is 12.6. The number of benzene rings is 1. The largest absolute Gasteiger partial charge is 0.386 e. The smallest absolute Gasteiger partial charge is 0.191 e. The zero-order valence-corrected chi connectivity index (χ0v) is 18.4. The van der Waals surface area contributed by atoms with Crippen LogP contribution in [0, 0.1) is 0 Å². The third kappa shape index (κ3) is 6.43. The molecule has 1 unspecified atom stereocenters. The average molecular weight is 500 g/mol. The Morgan fingerprint density at radius 2 is 2.00 bits per heavy atom. The molecule has 2 aromatic heterocycles. The lowest BCUT2D eigenvalue weighted by molar-refractivity contribution is 0.184. The summed E-state index contributed by atoms with van der Waals surface area (Å²) in [6.45, 7) is 2.15. The van der Waals surface area contributed by atoms with Gasteiger partial charge in [0.15, 0.2) is 5.96 Å². The maximum Gasteiger partial charge on any atom is 0.191 e. The van der Waals surface area contributed by atoms with Crippen molar-refractivity contribution < 1.29 is 5.11 Å². The number of aliphatic imine (C=N–C) groups is 1. The summed E-state index contributed by atoms with van der Waals surface area (Å²) in [5, 5.41) is 25.6. The molecule has 0 amide bonds. The van der Waals surface area contributed by atoms with E-state index in [9.17, 15) is 5.11 Å². The molecule has 0 saturated heterocycles. The van der Waals surface area contributed by atoms with Crippen LogP contribution in [0.25, 0.3) is 10.1 Å². The molecule has 2 heterocycles. The molecule has 0 saturated carbocycles. The summed E-state index contributed by atoms with van der Waals surface area (Å²) in [7, 11) is 1.73. The minimum absolute atomic E-state index is 0. The van der Waals surface area contributed by atoms with E-state index in [1.54, 1.807) is 31.0 Å². The Morgan fingerprint density at radius 1 is 1.22 bits per heavy atom. The maximum absolute atomic E-state index is 10.4. The minimum atomic E-state index is -0.556. The molecule has 9 heteroatoms. The van der Waals surface area contributed by atoms with Crippen LogP contribution < -0.4 is 10.6 Å². The second kappa shape index (κ2) is 11.2. The highest BCUT2D eigenvalue weighted by molar-refractivity contribution is 14.0. The first-order valence-corrected chi connectivity index (χ1v) is 9.51. The molecule has 3 aromatic rings. The standard InChI is InChI=1S/C18H24N6OS.HI/c1-19-18(20-8-4-5-9-24-12-22-23-13-24)21-11-15(25)17-10-14-6-2-3-7-16(14)26-17;/h2-3,6-7,10,12-13,15,25H,4-5,8-9,11H2,1H3,(H2,19,20,21);1H. The lowest BCUT2D eigenvalue weighted by Crippen LogP contribution is -2.39. The summed E-state index contributed by atoms with van der Waals surface area (Å²) >= 11 is 1.62. The predicted octanol–water partition coefficient (Wildman–Crippen LogP) is 2.79. The van der Waals surface area contributed by atoms with Crippen LogP contribution in [0.1, 0.15) is 23.8 Å². The van der Waals surface area contributed by atoms with Gasteiger partial charge in [-0.2, -0.15) is 0 Å². The zero-order chi connectivity index (χ0) is 18.2. The van der Waals surface area contributed by atoms with Crippen molar-refractivity contribution in [3.8, 4) is 0 Å². The number of thiophene rings is 1. The van der Waals surface area contributed by atoms with Crippen molar-refractivity contribution >= 4 is 51.4 Å². The van der Waals surface area contributed by atoms with E-state index in [1.165, 1.54) is 10.1 Å². The van der Waals surface area contributed by atoms with Crippen molar-refractivity contribution in [1.82, 2.24) is 25.4 Å². The van der Waals surface area contributed by atoms with Crippen LogP contribution in [-0.4, -0.2) is 46.0 Å². The highest BCUT2D eigenvalue weighted by atomic mass is 127. The third-order valence-corrected chi connectivity index (χ3v) is 5.28. The molecule has 3 rings (SSSR count). The molecule has 3 N–H and O–H groups in total. The summed E-state index contributed by atoms with van der Waals surface area (Å²) in [6.07, 6.45) is 4.94. The maximum atomic E-state index is 10.4. The highest BCUT2D eigenvalue weighted by Gasteiger charge is 2.12. The molecule has 0 spiro atoms. The van der Waals surface area contributed by atoms with E-state index in [2.05, 4.69) is 38.0 Å². The molecular weight excluding hydrogens is 475 g/mol. The van der Waals surface area contributed by atoms with Gasteiger partial charge in [-0.25, -0.2) is 0 Å². The van der Waals surface area contributed by atoms with Crippen LogP contribution in [0.5, 0.6) is 0 Å². The van der Waals surface area contributed by atoms with Crippen molar-refractivity contribution in [2.45, 2.75) is 25.5 Å². The summed E-state index contributed by atoms with van der Waals surface area (Å²) in [5.41, 5.74) is 0. The van der Waals surface area contributed by atoms with Crippen molar-refractivity contribution in [1.29, 1.82) is 0 Å². The van der Waals surface area contributed by atoms with Crippen LogP contribution in [0.2, 0.25) is 0 Å². The Morgan fingerprint density at radius 3 is 2.74 bits per heavy atom. The van der Waals surface area contributed by atoms with Gasteiger partial charge >= 0.3 is 0 Å². The van der Waals surface area contributed by atoms with Gasteiger partial charge in [0.2, 0.25) is 0 Å². The quantitative estimate of drug-likeness (QED) is 0.192. The van der Waals surface area contributed by atoms with Crippen LogP contribution in [0.3, 0.4) is 0 Å². The Labute approximate surface area is 179 Å². The molecule has 1 atom stereocenters. The van der Waals surface area contributed by atoms with Crippen molar-refractivity contribution in [2.75, 3.05) is 20.1 Å². The lowest BCUT2D eigenvalue weighted by Gasteiger charge is -2.14. The van der Waals surface area contributed by atoms with Crippen LogP contribution in [0.15, 0.2) is 48.0 Å². The van der Waals surface area contributed by atoms with Gasteiger partial charge in [-0.1, -0.05) is 18.2 Å². The van der Waals surface area contributed by atoms with Gasteiger partial charge in [0.05, 0.1) is 0 Å². The predicted molar refractivity (Wildman–Crippen MR) is 121 cm³/mol. The van der Waals surface area contributed by atoms with Gasteiger partial charge in [-0.15, -0.1) is 45.5 Å². The lowest BCUT2D eigenvalue weighted by atomic mass is 10.2. The summed E-state index contributed by atoms with van der Waals surface area (Å²) < 4.78 is 3.16. The Balaban J connectivity index is 0.00000261. The Bertz CT molecular complexity index is 802. The molecule has 146 valence electrons. The van der Waals surface area contributed by atoms with Crippen molar-refractivity contribution in [3.63, 3.8) is 0 Å². The first kappa shape index (κ1) is 21.6. The van der Waals surface area contributed by atoms with Crippen LogP contribution in [-0.2, 0) is 6.54 Å². The zero-order valence-electron chi connectivity index (χ0n) is 15.2. The summed E-state index contributed by atoms with van der Waals surface area (Å²) in [6, 6.07) is 10.2. The van der Waals surface area contributed by atoms with Crippen LogP contribution >= 0.6 is 35.3 Å². The molecular formula is C18H25IN6OS. The number of fused-ring (bicyclic) bond motifs is 1. The van der Waals surface area contributed by atoms with Gasteiger partial charge in [0, 0.05) is 36.3 Å². The summed E-state index contributed by atoms with van der Waals surface area (Å²) in [4.78, 5) is 5.17. The van der Waals surface area contributed by atoms with Gasteiger partial charge in [0.25, 0.3) is 0 Å². The monoisotopic (exact) mass is 500 g/mol. The molecule has 7 nitrogen and oxygen atoms in total. The van der Waals surface area contributed by atoms with E-state index < -0.39 is 6.10 Å². The first-order chi connectivity index (χ1) is 12.8. The molecule has 27 heavy (non-hydrogen) atoms. The minimum Gasteiger partial charge on any atom is -0.386 e. The number of aliphatic hydroxyl groups is 1. The van der Waals surface area contributed by atoms with Gasteiger partial charge < -0.3 is 20.3 Å².